The molecule has 0 atom stereocenters. The molecule has 1 aromatic rings. The van der Waals surface area contributed by atoms with Gasteiger partial charge < -0.3 is 9.84 Å². The number of sulfonamides is 1. The van der Waals surface area contributed by atoms with Crippen LogP contribution in [0.25, 0.3) is 0 Å². The molecule has 0 spiro atoms. The van der Waals surface area contributed by atoms with Crippen molar-refractivity contribution in [3.8, 4) is 5.75 Å². The summed E-state index contributed by atoms with van der Waals surface area (Å²) >= 11 is 0. The van der Waals surface area contributed by atoms with Gasteiger partial charge in [0.05, 0.1) is 12.0 Å². The molecule has 0 aliphatic heterocycles. The summed E-state index contributed by atoms with van der Waals surface area (Å²) in [4.78, 5) is 0.259. The van der Waals surface area contributed by atoms with E-state index in [1.807, 2.05) is 0 Å². The lowest BCUT2D eigenvalue weighted by molar-refractivity contribution is 0.134. The second-order valence-corrected chi connectivity index (χ2v) is 7.56. The van der Waals surface area contributed by atoms with Crippen LogP contribution in [0.2, 0.25) is 0 Å². The topological polar surface area (TPSA) is 75.6 Å². The Morgan fingerprint density at radius 3 is 2.52 bits per heavy atom. The van der Waals surface area contributed by atoms with Gasteiger partial charge >= 0.3 is 0 Å². The molecule has 2 N–H and O–H groups in total. The van der Waals surface area contributed by atoms with Crippen molar-refractivity contribution < 1.29 is 18.3 Å². The van der Waals surface area contributed by atoms with Gasteiger partial charge in [0.25, 0.3) is 0 Å². The largest absolute Gasteiger partial charge is 0.497 e. The van der Waals surface area contributed by atoms with Crippen LogP contribution in [-0.4, -0.2) is 33.8 Å². The van der Waals surface area contributed by atoms with E-state index in [9.17, 15) is 13.5 Å². The molecular weight excluding hydrogens is 290 g/mol. The van der Waals surface area contributed by atoms with Crippen molar-refractivity contribution in [1.29, 1.82) is 0 Å². The molecule has 0 radical (unpaired) electrons. The van der Waals surface area contributed by atoms with Crippen molar-refractivity contribution in [3.05, 3.63) is 23.8 Å². The van der Waals surface area contributed by atoms with Crippen molar-refractivity contribution in [1.82, 2.24) is 4.72 Å². The number of ether oxygens (including phenoxy) is 1. The Bertz CT molecular complexity index is 592. The smallest absolute Gasteiger partial charge is 0.240 e. The lowest BCUT2D eigenvalue weighted by Crippen LogP contribution is -2.38. The van der Waals surface area contributed by atoms with Gasteiger partial charge in [-0.1, -0.05) is 12.8 Å². The summed E-state index contributed by atoms with van der Waals surface area (Å²) in [6.07, 6.45) is 3.83. The van der Waals surface area contributed by atoms with E-state index >= 15 is 0 Å². The van der Waals surface area contributed by atoms with Crippen molar-refractivity contribution >= 4 is 10.0 Å². The van der Waals surface area contributed by atoms with E-state index in [4.69, 9.17) is 4.74 Å². The summed E-state index contributed by atoms with van der Waals surface area (Å²) in [5, 5.41) is 9.56. The molecule has 1 aliphatic carbocycles. The maximum atomic E-state index is 12.4. The summed E-state index contributed by atoms with van der Waals surface area (Å²) in [6.45, 7) is 2.06. The molecule has 1 saturated carbocycles. The van der Waals surface area contributed by atoms with Crippen LogP contribution in [0.4, 0.5) is 0 Å². The summed E-state index contributed by atoms with van der Waals surface area (Å²) in [6, 6.07) is 4.89. The summed E-state index contributed by atoms with van der Waals surface area (Å²) in [7, 11) is -2.02. The predicted molar refractivity (Wildman–Crippen MR) is 80.9 cm³/mol. The summed E-state index contributed by atoms with van der Waals surface area (Å²) in [5.41, 5.74) is 0.347. The number of aliphatic hydroxyl groups is 1. The average molecular weight is 313 g/mol. The van der Waals surface area contributed by atoms with E-state index in [1.165, 1.54) is 0 Å². The fourth-order valence-electron chi connectivity index (χ4n) is 2.89. The zero-order valence-electron chi connectivity index (χ0n) is 12.6. The highest BCUT2D eigenvalue weighted by molar-refractivity contribution is 7.89. The van der Waals surface area contributed by atoms with Crippen molar-refractivity contribution in [2.45, 2.75) is 37.5 Å². The first-order valence-corrected chi connectivity index (χ1v) is 8.66. The van der Waals surface area contributed by atoms with Crippen LogP contribution in [-0.2, 0) is 10.0 Å². The highest BCUT2D eigenvalue weighted by atomic mass is 32.2. The van der Waals surface area contributed by atoms with Crippen molar-refractivity contribution in [3.63, 3.8) is 0 Å². The third kappa shape index (κ3) is 3.56. The van der Waals surface area contributed by atoms with Gasteiger partial charge in [0.1, 0.15) is 5.75 Å². The third-order valence-electron chi connectivity index (χ3n) is 4.31. The molecule has 0 unspecified atom stereocenters. The lowest BCUT2D eigenvalue weighted by atomic mass is 9.88. The van der Waals surface area contributed by atoms with Gasteiger partial charge in [-0.25, -0.2) is 13.1 Å². The fourth-order valence-corrected chi connectivity index (χ4v) is 4.27. The average Bonchev–Trinajstić information content (AvgIpc) is 2.94. The minimum absolute atomic E-state index is 0.0249. The molecule has 5 nitrogen and oxygen atoms in total. The van der Waals surface area contributed by atoms with E-state index in [2.05, 4.69) is 4.72 Å². The van der Waals surface area contributed by atoms with E-state index in [-0.39, 0.29) is 23.5 Å². The maximum absolute atomic E-state index is 12.4. The number of hydrogen-bond donors (Lipinski definition) is 2. The Balaban J connectivity index is 2.15. The molecule has 1 fully saturated rings. The van der Waals surface area contributed by atoms with Crippen LogP contribution >= 0.6 is 0 Å². The Morgan fingerprint density at radius 1 is 1.33 bits per heavy atom. The number of methoxy groups -OCH3 is 1. The molecule has 0 amide bonds. The molecule has 2 rings (SSSR count). The molecule has 6 heteroatoms. The number of hydrogen-bond acceptors (Lipinski definition) is 4. The van der Waals surface area contributed by atoms with Crippen LogP contribution in [0, 0.1) is 12.3 Å². The number of aryl methyl sites for hydroxylation is 1. The molecule has 0 aromatic heterocycles. The Kier molecular flexibility index (Phi) is 4.91. The molecule has 1 aliphatic rings. The van der Waals surface area contributed by atoms with Gasteiger partial charge in [-0.3, -0.25) is 0 Å². The Hall–Kier alpha value is -1.11. The number of nitrogens with one attached hydrogen (secondary N) is 1. The first-order valence-electron chi connectivity index (χ1n) is 7.18. The molecule has 0 heterocycles. The normalized spacial score (nSPS) is 17.9. The van der Waals surface area contributed by atoms with Crippen LogP contribution in [0.1, 0.15) is 31.2 Å². The van der Waals surface area contributed by atoms with Gasteiger partial charge in [-0.05, 0) is 43.5 Å². The second kappa shape index (κ2) is 6.34. The number of rotatable bonds is 6. The predicted octanol–water partition coefficient (Wildman–Crippen LogP) is 1.83. The standard InChI is InChI=1S/C15H23NO4S/c1-12-9-13(20-2)5-6-14(12)21(18,19)16-10-15(11-17)7-3-4-8-15/h5-6,9,16-17H,3-4,7-8,10-11H2,1-2H3. The first-order chi connectivity index (χ1) is 9.92. The van der Waals surface area contributed by atoms with Crippen molar-refractivity contribution in [2.24, 2.45) is 5.41 Å². The van der Waals surface area contributed by atoms with E-state index < -0.39 is 10.0 Å². The molecule has 21 heavy (non-hydrogen) atoms. The van der Waals surface area contributed by atoms with Gasteiger partial charge in [-0.2, -0.15) is 0 Å². The van der Waals surface area contributed by atoms with E-state index in [0.29, 0.717) is 11.3 Å². The lowest BCUT2D eigenvalue weighted by Gasteiger charge is -2.26. The molecule has 0 saturated heterocycles. The molecule has 118 valence electrons. The minimum Gasteiger partial charge on any atom is -0.497 e. The van der Waals surface area contributed by atoms with E-state index in [1.54, 1.807) is 32.2 Å². The van der Waals surface area contributed by atoms with Crippen LogP contribution in [0.15, 0.2) is 23.1 Å². The van der Waals surface area contributed by atoms with E-state index in [0.717, 1.165) is 25.7 Å². The highest BCUT2D eigenvalue weighted by Gasteiger charge is 2.34. The Morgan fingerprint density at radius 2 is 2.00 bits per heavy atom. The molecule has 1 aromatic carbocycles. The summed E-state index contributed by atoms with van der Waals surface area (Å²) in [5.74, 6) is 0.633. The summed E-state index contributed by atoms with van der Waals surface area (Å²) < 4.78 is 32.6. The highest BCUT2D eigenvalue weighted by Crippen LogP contribution is 2.37. The number of aliphatic hydroxyl groups excluding tert-OH is 1. The van der Waals surface area contributed by atoms with Crippen molar-refractivity contribution in [2.75, 3.05) is 20.3 Å². The molecule has 0 bridgehead atoms. The Labute approximate surface area is 126 Å². The van der Waals surface area contributed by atoms with Gasteiger partial charge in [0.2, 0.25) is 10.0 Å². The van der Waals surface area contributed by atoms with Gasteiger partial charge in [-0.15, -0.1) is 0 Å². The zero-order valence-corrected chi connectivity index (χ0v) is 13.4. The molecular formula is C15H23NO4S. The monoisotopic (exact) mass is 313 g/mol. The van der Waals surface area contributed by atoms with Gasteiger partial charge in [0.15, 0.2) is 0 Å². The van der Waals surface area contributed by atoms with Crippen LogP contribution in [0.5, 0.6) is 5.75 Å². The van der Waals surface area contributed by atoms with Crippen LogP contribution in [0.3, 0.4) is 0 Å². The second-order valence-electron chi connectivity index (χ2n) is 5.82. The zero-order chi connectivity index (χ0) is 15.5. The fraction of sp³-hybridized carbons (Fsp3) is 0.600. The quantitative estimate of drug-likeness (QED) is 0.840. The first kappa shape index (κ1) is 16.3. The van der Waals surface area contributed by atoms with Gasteiger partial charge in [0, 0.05) is 18.6 Å². The third-order valence-corrected chi connectivity index (χ3v) is 5.87. The SMILES string of the molecule is COc1ccc(S(=O)(=O)NCC2(CO)CCCC2)c(C)c1. The minimum atomic E-state index is -3.57. The van der Waals surface area contributed by atoms with Crippen LogP contribution < -0.4 is 9.46 Å². The number of benzene rings is 1. The maximum Gasteiger partial charge on any atom is 0.240 e.